The van der Waals surface area contributed by atoms with Gasteiger partial charge in [-0.2, -0.15) is 0 Å². The van der Waals surface area contributed by atoms with Gasteiger partial charge in [0.2, 0.25) is 0 Å². The third kappa shape index (κ3) is 4.98. The van der Waals surface area contributed by atoms with Crippen LogP contribution in [0, 0.1) is 0 Å². The first kappa shape index (κ1) is 12.3. The lowest BCUT2D eigenvalue weighted by Crippen LogP contribution is -2.31. The SMILES string of the molecule is C=C(C)/C=C(\C=C/C)CN1CCCCC1. The number of piperidine rings is 1. The molecule has 1 saturated heterocycles. The molecule has 0 N–H and O–H groups in total. The van der Waals surface area contributed by atoms with Gasteiger partial charge < -0.3 is 0 Å². The average Bonchev–Trinajstić information content (AvgIpc) is 2.18. The summed E-state index contributed by atoms with van der Waals surface area (Å²) in [4.78, 5) is 2.54. The van der Waals surface area contributed by atoms with Crippen LogP contribution in [0.1, 0.15) is 33.1 Å². The first-order valence-electron chi connectivity index (χ1n) is 5.93. The second kappa shape index (κ2) is 6.62. The molecule has 0 atom stereocenters. The highest BCUT2D eigenvalue weighted by Crippen LogP contribution is 2.12. The highest BCUT2D eigenvalue weighted by atomic mass is 15.1. The lowest BCUT2D eigenvalue weighted by Gasteiger charge is -2.26. The van der Waals surface area contributed by atoms with Crippen LogP contribution in [0.25, 0.3) is 0 Å². The van der Waals surface area contributed by atoms with E-state index in [2.05, 4.69) is 43.6 Å². The number of hydrogen-bond donors (Lipinski definition) is 0. The minimum Gasteiger partial charge on any atom is -0.299 e. The van der Waals surface area contributed by atoms with Crippen molar-refractivity contribution in [3.05, 3.63) is 36.0 Å². The average molecular weight is 205 g/mol. The Labute approximate surface area is 94.2 Å². The maximum absolute atomic E-state index is 3.94. The van der Waals surface area contributed by atoms with Gasteiger partial charge in [0.25, 0.3) is 0 Å². The molecule has 1 heterocycles. The fourth-order valence-electron chi connectivity index (χ4n) is 2.05. The van der Waals surface area contributed by atoms with Crippen LogP contribution < -0.4 is 0 Å². The topological polar surface area (TPSA) is 3.24 Å². The minimum atomic E-state index is 1.08. The van der Waals surface area contributed by atoms with Crippen LogP contribution in [0.4, 0.5) is 0 Å². The summed E-state index contributed by atoms with van der Waals surface area (Å²) in [6.45, 7) is 11.7. The molecule has 0 bridgehead atoms. The predicted octanol–water partition coefficient (Wildman–Crippen LogP) is 3.55. The fourth-order valence-corrected chi connectivity index (χ4v) is 2.05. The molecule has 15 heavy (non-hydrogen) atoms. The largest absolute Gasteiger partial charge is 0.299 e. The molecule has 0 spiro atoms. The van der Waals surface area contributed by atoms with Crippen molar-refractivity contribution in [1.29, 1.82) is 0 Å². The molecule has 1 aliphatic heterocycles. The van der Waals surface area contributed by atoms with E-state index in [1.807, 2.05) is 0 Å². The Balaban J connectivity index is 2.53. The lowest BCUT2D eigenvalue weighted by atomic mass is 10.1. The van der Waals surface area contributed by atoms with E-state index < -0.39 is 0 Å². The van der Waals surface area contributed by atoms with Gasteiger partial charge in [-0.3, -0.25) is 4.90 Å². The Bertz CT molecular complexity index is 255. The van der Waals surface area contributed by atoms with Crippen LogP contribution in [0.5, 0.6) is 0 Å². The number of allylic oxidation sites excluding steroid dienone is 3. The van der Waals surface area contributed by atoms with Crippen molar-refractivity contribution in [3.8, 4) is 0 Å². The van der Waals surface area contributed by atoms with Crippen molar-refractivity contribution >= 4 is 0 Å². The predicted molar refractivity (Wildman–Crippen MR) is 68.0 cm³/mol. The van der Waals surface area contributed by atoms with Crippen molar-refractivity contribution in [2.75, 3.05) is 19.6 Å². The van der Waals surface area contributed by atoms with Gasteiger partial charge in [0.1, 0.15) is 0 Å². The molecule has 1 nitrogen and oxygen atoms in total. The van der Waals surface area contributed by atoms with Crippen molar-refractivity contribution in [2.45, 2.75) is 33.1 Å². The van der Waals surface area contributed by atoms with E-state index in [4.69, 9.17) is 0 Å². The Hall–Kier alpha value is -0.820. The van der Waals surface area contributed by atoms with E-state index >= 15 is 0 Å². The van der Waals surface area contributed by atoms with Crippen LogP contribution in [0.15, 0.2) is 36.0 Å². The van der Waals surface area contributed by atoms with Crippen molar-refractivity contribution in [3.63, 3.8) is 0 Å². The van der Waals surface area contributed by atoms with Gasteiger partial charge in [0.15, 0.2) is 0 Å². The normalized spacial score (nSPS) is 19.7. The minimum absolute atomic E-state index is 1.08. The van der Waals surface area contributed by atoms with Crippen molar-refractivity contribution in [1.82, 2.24) is 4.90 Å². The molecule has 1 aliphatic rings. The van der Waals surface area contributed by atoms with Gasteiger partial charge in [-0.1, -0.05) is 36.8 Å². The molecule has 0 saturated carbocycles. The van der Waals surface area contributed by atoms with Gasteiger partial charge >= 0.3 is 0 Å². The summed E-state index contributed by atoms with van der Waals surface area (Å²) in [7, 11) is 0. The Morgan fingerprint density at radius 2 is 1.93 bits per heavy atom. The summed E-state index contributed by atoms with van der Waals surface area (Å²) in [5.41, 5.74) is 2.52. The molecule has 0 aromatic heterocycles. The number of hydrogen-bond acceptors (Lipinski definition) is 1. The second-order valence-corrected chi connectivity index (χ2v) is 4.40. The Morgan fingerprint density at radius 3 is 2.47 bits per heavy atom. The number of nitrogens with zero attached hydrogens (tertiary/aromatic N) is 1. The molecular weight excluding hydrogens is 182 g/mol. The first-order valence-corrected chi connectivity index (χ1v) is 5.93. The van der Waals surface area contributed by atoms with E-state index in [1.165, 1.54) is 37.9 Å². The molecule has 0 unspecified atom stereocenters. The third-order valence-electron chi connectivity index (χ3n) is 2.67. The molecule has 1 rings (SSSR count). The zero-order valence-electron chi connectivity index (χ0n) is 10.1. The lowest BCUT2D eigenvalue weighted by molar-refractivity contribution is 0.248. The smallest absolute Gasteiger partial charge is 0.0233 e. The summed E-state index contributed by atoms with van der Waals surface area (Å²) >= 11 is 0. The van der Waals surface area contributed by atoms with Crippen LogP contribution in [-0.4, -0.2) is 24.5 Å². The van der Waals surface area contributed by atoms with Crippen LogP contribution in [0.2, 0.25) is 0 Å². The van der Waals surface area contributed by atoms with E-state index in [9.17, 15) is 0 Å². The standard InChI is InChI=1S/C14H23N/c1-4-8-14(11-13(2)3)12-15-9-6-5-7-10-15/h4,8,11H,2,5-7,9-10,12H2,1,3H3/b8-4-,14-11+. The third-order valence-corrected chi connectivity index (χ3v) is 2.67. The molecule has 0 aromatic rings. The van der Waals surface area contributed by atoms with Gasteiger partial charge in [-0.05, 0) is 45.4 Å². The molecule has 0 radical (unpaired) electrons. The molecule has 0 aromatic carbocycles. The summed E-state index contributed by atoms with van der Waals surface area (Å²) in [5, 5.41) is 0. The summed E-state index contributed by atoms with van der Waals surface area (Å²) in [6.07, 6.45) is 10.6. The van der Waals surface area contributed by atoms with Crippen LogP contribution in [-0.2, 0) is 0 Å². The highest BCUT2D eigenvalue weighted by molar-refractivity contribution is 5.28. The molecule has 0 amide bonds. The van der Waals surface area contributed by atoms with E-state index in [0.29, 0.717) is 0 Å². The quantitative estimate of drug-likeness (QED) is 0.634. The molecular formula is C14H23N. The number of rotatable bonds is 4. The Morgan fingerprint density at radius 1 is 1.27 bits per heavy atom. The zero-order chi connectivity index (χ0) is 11.1. The Kier molecular flexibility index (Phi) is 5.41. The van der Waals surface area contributed by atoms with Gasteiger partial charge in [-0.25, -0.2) is 0 Å². The van der Waals surface area contributed by atoms with Crippen LogP contribution >= 0.6 is 0 Å². The maximum atomic E-state index is 3.94. The van der Waals surface area contributed by atoms with E-state index in [-0.39, 0.29) is 0 Å². The van der Waals surface area contributed by atoms with Gasteiger partial charge in [0.05, 0.1) is 0 Å². The zero-order valence-corrected chi connectivity index (χ0v) is 10.1. The summed E-state index contributed by atoms with van der Waals surface area (Å²) in [5.74, 6) is 0. The van der Waals surface area contributed by atoms with E-state index in [0.717, 1.165) is 12.1 Å². The maximum Gasteiger partial charge on any atom is 0.0233 e. The summed E-state index contributed by atoms with van der Waals surface area (Å²) in [6, 6.07) is 0. The highest BCUT2D eigenvalue weighted by Gasteiger charge is 2.10. The summed E-state index contributed by atoms with van der Waals surface area (Å²) < 4.78 is 0. The second-order valence-electron chi connectivity index (χ2n) is 4.40. The van der Waals surface area contributed by atoms with Gasteiger partial charge in [0, 0.05) is 6.54 Å². The van der Waals surface area contributed by atoms with Crippen molar-refractivity contribution in [2.24, 2.45) is 0 Å². The fraction of sp³-hybridized carbons (Fsp3) is 0.571. The monoisotopic (exact) mass is 205 g/mol. The molecule has 1 fully saturated rings. The van der Waals surface area contributed by atoms with E-state index in [1.54, 1.807) is 0 Å². The molecule has 0 aliphatic carbocycles. The van der Waals surface area contributed by atoms with Crippen LogP contribution in [0.3, 0.4) is 0 Å². The first-order chi connectivity index (χ1) is 7.22. The molecule has 84 valence electrons. The number of likely N-dealkylation sites (tertiary alicyclic amines) is 1. The van der Waals surface area contributed by atoms with Crippen molar-refractivity contribution < 1.29 is 0 Å². The van der Waals surface area contributed by atoms with Gasteiger partial charge in [-0.15, -0.1) is 0 Å². The molecule has 1 heteroatoms.